The van der Waals surface area contributed by atoms with Gasteiger partial charge in [0.15, 0.2) is 0 Å². The summed E-state index contributed by atoms with van der Waals surface area (Å²) < 4.78 is 0. The third-order valence-electron chi connectivity index (χ3n) is 2.80. The first kappa shape index (κ1) is 12.6. The second-order valence-corrected chi connectivity index (χ2v) is 4.99. The van der Waals surface area contributed by atoms with Gasteiger partial charge in [0.1, 0.15) is 18.0 Å². The molecule has 2 rings (SSSR count). The van der Waals surface area contributed by atoms with Gasteiger partial charge in [0, 0.05) is 18.7 Å². The van der Waals surface area contributed by atoms with Gasteiger partial charge < -0.3 is 15.7 Å². The number of anilines is 2. The standard InChI is InChI=1S/C12H18N4O2/c1-7(2)5-13-10-4-11(15-6-14-10)16-9-3-8(9)12(17)18/h4,6-9H,3,5H2,1-2H3,(H,17,18)(H2,13,14,15,16). The van der Waals surface area contributed by atoms with Crippen molar-refractivity contribution in [3.8, 4) is 0 Å². The van der Waals surface area contributed by atoms with E-state index in [2.05, 4.69) is 34.4 Å². The summed E-state index contributed by atoms with van der Waals surface area (Å²) in [5.41, 5.74) is 0. The van der Waals surface area contributed by atoms with Crippen LogP contribution in [0.1, 0.15) is 20.3 Å². The molecule has 0 saturated heterocycles. The lowest BCUT2D eigenvalue weighted by molar-refractivity contribution is -0.138. The maximum absolute atomic E-state index is 10.7. The molecule has 1 fully saturated rings. The normalized spacial score (nSPS) is 21.7. The molecule has 6 heteroatoms. The lowest BCUT2D eigenvalue weighted by Gasteiger charge is -2.09. The molecule has 2 unspecified atom stereocenters. The molecule has 0 amide bonds. The Bertz CT molecular complexity index is 436. The number of aromatic nitrogens is 2. The smallest absolute Gasteiger partial charge is 0.308 e. The van der Waals surface area contributed by atoms with E-state index in [1.807, 2.05) is 0 Å². The van der Waals surface area contributed by atoms with Gasteiger partial charge in [-0.1, -0.05) is 13.8 Å². The number of hydrogen-bond donors (Lipinski definition) is 3. The van der Waals surface area contributed by atoms with E-state index in [1.165, 1.54) is 6.33 Å². The molecule has 1 heterocycles. The summed E-state index contributed by atoms with van der Waals surface area (Å²) >= 11 is 0. The second-order valence-electron chi connectivity index (χ2n) is 4.99. The van der Waals surface area contributed by atoms with Gasteiger partial charge in [0.05, 0.1) is 5.92 Å². The van der Waals surface area contributed by atoms with Crippen molar-refractivity contribution in [1.82, 2.24) is 9.97 Å². The Kier molecular flexibility index (Phi) is 3.64. The summed E-state index contributed by atoms with van der Waals surface area (Å²) in [5, 5.41) is 15.1. The Morgan fingerprint density at radius 1 is 1.50 bits per heavy atom. The number of nitrogens with one attached hydrogen (secondary N) is 2. The fraction of sp³-hybridized carbons (Fsp3) is 0.583. The minimum atomic E-state index is -0.750. The minimum absolute atomic E-state index is 0.00431. The van der Waals surface area contributed by atoms with Gasteiger partial charge in [-0.05, 0) is 12.3 Å². The number of nitrogens with zero attached hydrogens (tertiary/aromatic N) is 2. The predicted octanol–water partition coefficient (Wildman–Crippen LogP) is 1.43. The molecule has 6 nitrogen and oxygen atoms in total. The van der Waals surface area contributed by atoms with Crippen LogP contribution >= 0.6 is 0 Å². The average molecular weight is 250 g/mol. The van der Waals surface area contributed by atoms with Crippen molar-refractivity contribution in [1.29, 1.82) is 0 Å². The molecular weight excluding hydrogens is 232 g/mol. The van der Waals surface area contributed by atoms with E-state index in [4.69, 9.17) is 5.11 Å². The summed E-state index contributed by atoms with van der Waals surface area (Å²) in [5.74, 6) is 0.932. The van der Waals surface area contributed by atoms with Crippen LogP contribution in [0.25, 0.3) is 0 Å². The Morgan fingerprint density at radius 2 is 2.22 bits per heavy atom. The van der Waals surface area contributed by atoms with Crippen molar-refractivity contribution in [3.63, 3.8) is 0 Å². The van der Waals surface area contributed by atoms with Gasteiger partial charge in [0.25, 0.3) is 0 Å². The van der Waals surface area contributed by atoms with Crippen molar-refractivity contribution in [2.75, 3.05) is 17.2 Å². The molecule has 1 saturated carbocycles. The summed E-state index contributed by atoms with van der Waals surface area (Å²) in [6.45, 7) is 5.08. The van der Waals surface area contributed by atoms with Gasteiger partial charge in [-0.3, -0.25) is 4.79 Å². The molecule has 0 spiro atoms. The second kappa shape index (κ2) is 5.20. The highest BCUT2D eigenvalue weighted by molar-refractivity contribution is 5.75. The van der Waals surface area contributed by atoms with E-state index < -0.39 is 5.97 Å². The Balaban J connectivity index is 1.90. The SMILES string of the molecule is CC(C)CNc1cc(NC2CC2C(=O)O)ncn1. The fourth-order valence-corrected chi connectivity index (χ4v) is 1.66. The molecule has 0 aliphatic heterocycles. The highest BCUT2D eigenvalue weighted by atomic mass is 16.4. The van der Waals surface area contributed by atoms with Crippen molar-refractivity contribution < 1.29 is 9.90 Å². The number of hydrogen-bond acceptors (Lipinski definition) is 5. The lowest BCUT2D eigenvalue weighted by atomic mass is 10.2. The number of rotatable bonds is 6. The Morgan fingerprint density at radius 3 is 2.83 bits per heavy atom. The first-order valence-corrected chi connectivity index (χ1v) is 6.11. The molecule has 18 heavy (non-hydrogen) atoms. The van der Waals surface area contributed by atoms with E-state index in [0.717, 1.165) is 12.4 Å². The molecule has 0 aromatic carbocycles. The number of carboxylic acid groups (broad SMARTS) is 1. The maximum Gasteiger partial charge on any atom is 0.308 e. The minimum Gasteiger partial charge on any atom is -0.481 e. The van der Waals surface area contributed by atoms with Crippen LogP contribution in [-0.2, 0) is 4.79 Å². The quantitative estimate of drug-likeness (QED) is 0.708. The Labute approximate surface area is 106 Å². The third-order valence-corrected chi connectivity index (χ3v) is 2.80. The zero-order valence-electron chi connectivity index (χ0n) is 10.6. The number of carbonyl (C=O) groups is 1. The molecule has 1 aromatic rings. The van der Waals surface area contributed by atoms with Crippen LogP contribution in [0.4, 0.5) is 11.6 Å². The monoisotopic (exact) mass is 250 g/mol. The summed E-state index contributed by atoms with van der Waals surface area (Å²) in [6.07, 6.45) is 2.14. The van der Waals surface area contributed by atoms with Crippen LogP contribution in [-0.4, -0.2) is 33.6 Å². The highest BCUT2D eigenvalue weighted by Gasteiger charge is 2.43. The molecule has 1 aromatic heterocycles. The Hall–Kier alpha value is -1.85. The molecule has 2 atom stereocenters. The summed E-state index contributed by atoms with van der Waals surface area (Å²) in [6, 6.07) is 1.80. The van der Waals surface area contributed by atoms with Crippen molar-refractivity contribution >= 4 is 17.6 Å². The molecule has 0 radical (unpaired) electrons. The van der Waals surface area contributed by atoms with E-state index in [0.29, 0.717) is 18.2 Å². The molecule has 3 N–H and O–H groups in total. The van der Waals surface area contributed by atoms with Crippen LogP contribution in [0.5, 0.6) is 0 Å². The van der Waals surface area contributed by atoms with Gasteiger partial charge >= 0.3 is 5.97 Å². The first-order chi connectivity index (χ1) is 8.56. The van der Waals surface area contributed by atoms with Gasteiger partial charge in [-0.15, -0.1) is 0 Å². The zero-order valence-corrected chi connectivity index (χ0v) is 10.6. The highest BCUT2D eigenvalue weighted by Crippen LogP contribution is 2.33. The van der Waals surface area contributed by atoms with E-state index in [1.54, 1.807) is 6.07 Å². The zero-order chi connectivity index (χ0) is 13.1. The van der Waals surface area contributed by atoms with Gasteiger partial charge in [-0.2, -0.15) is 0 Å². The summed E-state index contributed by atoms with van der Waals surface area (Å²) in [7, 11) is 0. The number of aliphatic carboxylic acids is 1. The first-order valence-electron chi connectivity index (χ1n) is 6.11. The van der Waals surface area contributed by atoms with E-state index >= 15 is 0 Å². The molecule has 1 aliphatic rings. The molecular formula is C12H18N4O2. The third kappa shape index (κ3) is 3.32. The van der Waals surface area contributed by atoms with Crippen LogP contribution in [0, 0.1) is 11.8 Å². The molecule has 98 valence electrons. The van der Waals surface area contributed by atoms with Gasteiger partial charge in [0.2, 0.25) is 0 Å². The van der Waals surface area contributed by atoms with Crippen LogP contribution in [0.15, 0.2) is 12.4 Å². The van der Waals surface area contributed by atoms with Crippen LogP contribution < -0.4 is 10.6 Å². The number of carboxylic acids is 1. The topological polar surface area (TPSA) is 87.1 Å². The lowest BCUT2D eigenvalue weighted by Crippen LogP contribution is -2.13. The predicted molar refractivity (Wildman–Crippen MR) is 68.5 cm³/mol. The van der Waals surface area contributed by atoms with E-state index in [-0.39, 0.29) is 12.0 Å². The maximum atomic E-state index is 10.7. The van der Waals surface area contributed by atoms with Crippen molar-refractivity contribution in [2.45, 2.75) is 26.3 Å². The van der Waals surface area contributed by atoms with Crippen LogP contribution in [0.2, 0.25) is 0 Å². The van der Waals surface area contributed by atoms with Crippen LogP contribution in [0.3, 0.4) is 0 Å². The van der Waals surface area contributed by atoms with Crippen molar-refractivity contribution in [2.24, 2.45) is 11.8 Å². The van der Waals surface area contributed by atoms with Gasteiger partial charge in [-0.25, -0.2) is 9.97 Å². The largest absolute Gasteiger partial charge is 0.481 e. The summed E-state index contributed by atoms with van der Waals surface area (Å²) in [4.78, 5) is 18.9. The average Bonchev–Trinajstić information content (AvgIpc) is 3.06. The molecule has 0 bridgehead atoms. The van der Waals surface area contributed by atoms with Crippen molar-refractivity contribution in [3.05, 3.63) is 12.4 Å². The fourth-order valence-electron chi connectivity index (χ4n) is 1.66. The molecule has 1 aliphatic carbocycles. The van der Waals surface area contributed by atoms with E-state index in [9.17, 15) is 4.79 Å².